The number of anilines is 2. The van der Waals surface area contributed by atoms with Crippen LogP contribution in [0.2, 0.25) is 0 Å². The fraction of sp³-hybridized carbons (Fsp3) is 0.143. The summed E-state index contributed by atoms with van der Waals surface area (Å²) >= 11 is 3.43. The average Bonchev–Trinajstić information content (AvgIpc) is 2.61. The van der Waals surface area contributed by atoms with Crippen LogP contribution in [0.4, 0.5) is 20.2 Å². The van der Waals surface area contributed by atoms with E-state index >= 15 is 0 Å². The molecule has 0 N–H and O–H groups in total. The molecule has 0 saturated heterocycles. The van der Waals surface area contributed by atoms with Crippen molar-refractivity contribution < 1.29 is 8.78 Å². The second-order valence-corrected chi connectivity index (χ2v) is 7.52. The summed E-state index contributed by atoms with van der Waals surface area (Å²) in [5.41, 5.74) is 4.31. The first-order chi connectivity index (χ1) is 12.9. The van der Waals surface area contributed by atoms with Crippen LogP contribution >= 0.6 is 15.9 Å². The van der Waals surface area contributed by atoms with Crippen molar-refractivity contribution in [1.29, 1.82) is 0 Å². The zero-order valence-electron chi connectivity index (χ0n) is 14.7. The minimum absolute atomic E-state index is 0.297. The van der Waals surface area contributed by atoms with E-state index in [1.54, 1.807) is 24.7 Å². The molecular weight excluding hydrogens is 412 g/mol. The number of hydrogen-bond acceptors (Lipinski definition) is 3. The Bertz CT molecular complexity index is 1070. The van der Waals surface area contributed by atoms with Crippen molar-refractivity contribution in [2.24, 2.45) is 0 Å². The van der Waals surface area contributed by atoms with Crippen LogP contribution in [0.1, 0.15) is 29.8 Å². The van der Waals surface area contributed by atoms with Gasteiger partial charge in [0, 0.05) is 28.5 Å². The summed E-state index contributed by atoms with van der Waals surface area (Å²) in [6, 6.07) is 7.75. The molecular formula is C21H16BrF2N3. The van der Waals surface area contributed by atoms with Crippen LogP contribution in [0, 0.1) is 18.6 Å². The van der Waals surface area contributed by atoms with E-state index in [0.29, 0.717) is 11.3 Å². The molecule has 0 spiro atoms. The highest BCUT2D eigenvalue weighted by molar-refractivity contribution is 9.10. The van der Waals surface area contributed by atoms with Gasteiger partial charge in [0.2, 0.25) is 0 Å². The van der Waals surface area contributed by atoms with Crippen LogP contribution in [-0.4, -0.2) is 9.97 Å². The molecule has 27 heavy (non-hydrogen) atoms. The molecule has 3 aromatic rings. The van der Waals surface area contributed by atoms with E-state index in [-0.39, 0.29) is 6.04 Å². The minimum atomic E-state index is -0.622. The van der Waals surface area contributed by atoms with E-state index in [4.69, 9.17) is 0 Å². The molecule has 0 amide bonds. The molecule has 0 fully saturated rings. The van der Waals surface area contributed by atoms with Crippen LogP contribution in [0.15, 0.2) is 59.0 Å². The van der Waals surface area contributed by atoms with Crippen molar-refractivity contribution in [1.82, 2.24) is 9.97 Å². The molecule has 0 saturated carbocycles. The van der Waals surface area contributed by atoms with Gasteiger partial charge in [-0.25, -0.2) is 8.78 Å². The van der Waals surface area contributed by atoms with Crippen LogP contribution in [-0.2, 0) is 0 Å². The third-order valence-corrected chi connectivity index (χ3v) is 5.01. The third-order valence-electron chi connectivity index (χ3n) is 4.58. The van der Waals surface area contributed by atoms with Gasteiger partial charge in [0.15, 0.2) is 0 Å². The molecule has 1 aromatic carbocycles. The second kappa shape index (κ2) is 6.85. The summed E-state index contributed by atoms with van der Waals surface area (Å²) in [5, 5.41) is 0. The Kier molecular flexibility index (Phi) is 4.52. The van der Waals surface area contributed by atoms with Gasteiger partial charge in [-0.1, -0.05) is 0 Å². The van der Waals surface area contributed by atoms with Crippen molar-refractivity contribution in [3.05, 3.63) is 87.4 Å². The van der Waals surface area contributed by atoms with Crippen molar-refractivity contribution in [2.75, 3.05) is 4.90 Å². The lowest BCUT2D eigenvalue weighted by Gasteiger charge is -2.38. The molecule has 1 atom stereocenters. The number of fused-ring (bicyclic) bond motifs is 1. The van der Waals surface area contributed by atoms with Crippen molar-refractivity contribution in [3.63, 3.8) is 0 Å². The predicted octanol–water partition coefficient (Wildman–Crippen LogP) is 6.12. The SMILES string of the molecule is CC1=Cc2c(F)cc(F)cc2N(c2cncc(Br)c2)C1c1cc(C)ccn1. The molecule has 1 unspecified atom stereocenters. The molecule has 3 nitrogen and oxygen atoms in total. The fourth-order valence-electron chi connectivity index (χ4n) is 3.46. The number of aromatic nitrogens is 2. The van der Waals surface area contributed by atoms with Gasteiger partial charge in [0.05, 0.1) is 29.3 Å². The molecule has 0 bridgehead atoms. The Morgan fingerprint density at radius 3 is 2.63 bits per heavy atom. The van der Waals surface area contributed by atoms with Gasteiger partial charge in [0.1, 0.15) is 11.6 Å². The molecule has 0 aliphatic carbocycles. The average molecular weight is 428 g/mol. The van der Waals surface area contributed by atoms with Gasteiger partial charge in [0.25, 0.3) is 0 Å². The lowest BCUT2D eigenvalue weighted by molar-refractivity contribution is 0.578. The fourth-order valence-corrected chi connectivity index (χ4v) is 3.81. The summed E-state index contributed by atoms with van der Waals surface area (Å²) in [4.78, 5) is 10.6. The number of aryl methyl sites for hydroxylation is 1. The van der Waals surface area contributed by atoms with E-state index < -0.39 is 11.6 Å². The zero-order chi connectivity index (χ0) is 19.1. The summed E-state index contributed by atoms with van der Waals surface area (Å²) in [6.45, 7) is 3.92. The van der Waals surface area contributed by atoms with Crippen LogP contribution in [0.25, 0.3) is 6.08 Å². The maximum Gasteiger partial charge on any atom is 0.135 e. The number of pyridine rings is 2. The Morgan fingerprint density at radius 1 is 1.07 bits per heavy atom. The zero-order valence-corrected chi connectivity index (χ0v) is 16.3. The van der Waals surface area contributed by atoms with Crippen molar-refractivity contribution >= 4 is 33.4 Å². The Labute approximate surface area is 164 Å². The normalized spacial score (nSPS) is 16.1. The van der Waals surface area contributed by atoms with Gasteiger partial charge < -0.3 is 4.90 Å². The Morgan fingerprint density at radius 2 is 1.89 bits per heavy atom. The van der Waals surface area contributed by atoms with Crippen molar-refractivity contribution in [2.45, 2.75) is 19.9 Å². The standard InChI is InChI=1S/C21H16BrF2N3/c1-12-3-4-26-19(5-12)21-13(2)6-17-18(24)8-15(23)9-20(17)27(21)16-7-14(22)10-25-11-16/h3-11,21H,1-2H3. The maximum atomic E-state index is 14.5. The quantitative estimate of drug-likeness (QED) is 0.492. The first-order valence-corrected chi connectivity index (χ1v) is 9.23. The summed E-state index contributed by atoms with van der Waals surface area (Å²) in [7, 11) is 0. The van der Waals surface area contributed by atoms with Gasteiger partial charge in [-0.05, 0) is 71.3 Å². The lowest BCUT2D eigenvalue weighted by atomic mass is 9.92. The topological polar surface area (TPSA) is 29.0 Å². The van der Waals surface area contributed by atoms with E-state index in [1.807, 2.05) is 36.9 Å². The Balaban J connectivity index is 2.00. The molecule has 136 valence electrons. The maximum absolute atomic E-state index is 14.5. The summed E-state index contributed by atoms with van der Waals surface area (Å²) in [6.07, 6.45) is 6.86. The molecule has 2 aromatic heterocycles. The number of hydrogen-bond donors (Lipinski definition) is 0. The second-order valence-electron chi connectivity index (χ2n) is 6.60. The first-order valence-electron chi connectivity index (χ1n) is 8.43. The molecule has 1 aliphatic rings. The molecule has 3 heterocycles. The van der Waals surface area contributed by atoms with E-state index in [9.17, 15) is 8.78 Å². The molecule has 4 rings (SSSR count). The van der Waals surface area contributed by atoms with Crippen LogP contribution < -0.4 is 4.90 Å². The van der Waals surface area contributed by atoms with E-state index in [0.717, 1.165) is 33.1 Å². The number of benzene rings is 1. The summed E-state index contributed by atoms with van der Waals surface area (Å²) in [5.74, 6) is -1.21. The van der Waals surface area contributed by atoms with Gasteiger partial charge in [-0.3, -0.25) is 9.97 Å². The highest BCUT2D eigenvalue weighted by Crippen LogP contribution is 2.46. The van der Waals surface area contributed by atoms with Gasteiger partial charge >= 0.3 is 0 Å². The van der Waals surface area contributed by atoms with Crippen molar-refractivity contribution in [3.8, 4) is 0 Å². The third kappa shape index (κ3) is 3.25. The molecule has 6 heteroatoms. The highest BCUT2D eigenvalue weighted by Gasteiger charge is 2.32. The molecule has 0 radical (unpaired) electrons. The monoisotopic (exact) mass is 427 g/mol. The minimum Gasteiger partial charge on any atom is -0.326 e. The van der Waals surface area contributed by atoms with Gasteiger partial charge in [-0.2, -0.15) is 0 Å². The lowest BCUT2D eigenvalue weighted by Crippen LogP contribution is -2.29. The molecule has 1 aliphatic heterocycles. The van der Waals surface area contributed by atoms with E-state index in [2.05, 4.69) is 25.9 Å². The predicted molar refractivity (Wildman–Crippen MR) is 106 cm³/mol. The van der Waals surface area contributed by atoms with Crippen LogP contribution in [0.5, 0.6) is 0 Å². The number of rotatable bonds is 2. The highest BCUT2D eigenvalue weighted by atomic mass is 79.9. The Hall–Kier alpha value is -2.60. The largest absolute Gasteiger partial charge is 0.326 e. The first kappa shape index (κ1) is 17.8. The smallest absolute Gasteiger partial charge is 0.135 e. The number of nitrogens with zero attached hydrogens (tertiary/aromatic N) is 3. The van der Waals surface area contributed by atoms with E-state index in [1.165, 1.54) is 6.07 Å². The number of halogens is 3. The summed E-state index contributed by atoms with van der Waals surface area (Å²) < 4.78 is 29.4. The van der Waals surface area contributed by atoms with Crippen LogP contribution in [0.3, 0.4) is 0 Å². The van der Waals surface area contributed by atoms with Gasteiger partial charge in [-0.15, -0.1) is 0 Å².